The van der Waals surface area contributed by atoms with Gasteiger partial charge in [0, 0.05) is 19.8 Å². The van der Waals surface area contributed by atoms with Crippen molar-refractivity contribution >= 4 is 34.8 Å². The SMILES string of the molecule is CCNc1nc(N(C)Cc2ccccn2)c(Cl)cc1Cl. The second-order valence-electron chi connectivity index (χ2n) is 4.33. The molecule has 0 fully saturated rings. The second kappa shape index (κ2) is 6.77. The van der Waals surface area contributed by atoms with Crippen LogP contribution in [0.2, 0.25) is 10.0 Å². The van der Waals surface area contributed by atoms with Gasteiger partial charge in [-0.25, -0.2) is 4.98 Å². The summed E-state index contributed by atoms with van der Waals surface area (Å²) in [5.41, 5.74) is 0.952. The van der Waals surface area contributed by atoms with E-state index >= 15 is 0 Å². The van der Waals surface area contributed by atoms with Crippen LogP contribution in [0, 0.1) is 0 Å². The Balaban J connectivity index is 2.25. The maximum atomic E-state index is 6.23. The van der Waals surface area contributed by atoms with Crippen molar-refractivity contribution in [2.45, 2.75) is 13.5 Å². The molecule has 0 unspecified atom stereocenters. The summed E-state index contributed by atoms with van der Waals surface area (Å²) < 4.78 is 0. The number of halogens is 2. The van der Waals surface area contributed by atoms with Crippen molar-refractivity contribution in [3.8, 4) is 0 Å². The highest BCUT2D eigenvalue weighted by atomic mass is 35.5. The summed E-state index contributed by atoms with van der Waals surface area (Å²) in [4.78, 5) is 10.7. The molecule has 0 atom stereocenters. The summed E-state index contributed by atoms with van der Waals surface area (Å²) in [6.45, 7) is 3.36. The van der Waals surface area contributed by atoms with E-state index in [9.17, 15) is 0 Å². The van der Waals surface area contributed by atoms with Crippen LogP contribution in [0.25, 0.3) is 0 Å². The molecule has 2 aromatic heterocycles. The highest BCUT2D eigenvalue weighted by molar-refractivity contribution is 6.37. The lowest BCUT2D eigenvalue weighted by molar-refractivity contribution is 0.866. The summed E-state index contributed by atoms with van der Waals surface area (Å²) >= 11 is 12.3. The molecule has 106 valence electrons. The molecular formula is C14H16Cl2N4. The molecule has 0 aliphatic heterocycles. The van der Waals surface area contributed by atoms with Gasteiger partial charge in [0.15, 0.2) is 0 Å². The van der Waals surface area contributed by atoms with E-state index in [4.69, 9.17) is 23.2 Å². The lowest BCUT2D eigenvalue weighted by atomic mass is 10.3. The Labute approximate surface area is 128 Å². The maximum Gasteiger partial charge on any atom is 0.150 e. The summed E-state index contributed by atoms with van der Waals surface area (Å²) in [7, 11) is 1.92. The van der Waals surface area contributed by atoms with E-state index in [2.05, 4.69) is 15.3 Å². The largest absolute Gasteiger partial charge is 0.369 e. The Morgan fingerprint density at radius 3 is 2.70 bits per heavy atom. The first kappa shape index (κ1) is 14.9. The number of hydrogen-bond acceptors (Lipinski definition) is 4. The van der Waals surface area contributed by atoms with Crippen LogP contribution in [0.5, 0.6) is 0 Å². The van der Waals surface area contributed by atoms with Gasteiger partial charge in [-0.1, -0.05) is 29.3 Å². The van der Waals surface area contributed by atoms with E-state index < -0.39 is 0 Å². The minimum absolute atomic E-state index is 0.520. The van der Waals surface area contributed by atoms with Gasteiger partial charge in [0.05, 0.1) is 22.3 Å². The molecule has 4 nitrogen and oxygen atoms in total. The number of nitrogens with one attached hydrogen (secondary N) is 1. The first-order valence-corrected chi connectivity index (χ1v) is 7.08. The monoisotopic (exact) mass is 310 g/mol. The second-order valence-corrected chi connectivity index (χ2v) is 5.15. The lowest BCUT2D eigenvalue weighted by Gasteiger charge is -2.20. The molecule has 6 heteroatoms. The van der Waals surface area contributed by atoms with E-state index in [0.717, 1.165) is 12.2 Å². The van der Waals surface area contributed by atoms with Gasteiger partial charge < -0.3 is 10.2 Å². The Morgan fingerprint density at radius 1 is 1.25 bits per heavy atom. The van der Waals surface area contributed by atoms with E-state index in [-0.39, 0.29) is 0 Å². The van der Waals surface area contributed by atoms with Crippen molar-refractivity contribution in [1.82, 2.24) is 9.97 Å². The van der Waals surface area contributed by atoms with Crippen molar-refractivity contribution in [1.29, 1.82) is 0 Å². The average Bonchev–Trinajstić information content (AvgIpc) is 2.43. The molecule has 0 saturated heterocycles. The van der Waals surface area contributed by atoms with Gasteiger partial charge in [0.2, 0.25) is 0 Å². The standard InChI is InChI=1S/C14H16Cl2N4/c1-3-17-13-11(15)8-12(16)14(19-13)20(2)9-10-6-4-5-7-18-10/h4-8H,3,9H2,1-2H3,(H,17,19). The third kappa shape index (κ3) is 3.52. The number of pyridine rings is 2. The van der Waals surface area contributed by atoms with Crippen LogP contribution in [-0.2, 0) is 6.54 Å². The zero-order valence-corrected chi connectivity index (χ0v) is 12.9. The third-order valence-electron chi connectivity index (χ3n) is 2.74. The lowest BCUT2D eigenvalue weighted by Crippen LogP contribution is -2.19. The van der Waals surface area contributed by atoms with Crippen molar-refractivity contribution in [3.05, 3.63) is 46.2 Å². The molecular weight excluding hydrogens is 295 g/mol. The van der Waals surface area contributed by atoms with Gasteiger partial charge >= 0.3 is 0 Å². The zero-order chi connectivity index (χ0) is 14.5. The van der Waals surface area contributed by atoms with Gasteiger partial charge in [-0.15, -0.1) is 0 Å². The van der Waals surface area contributed by atoms with Gasteiger partial charge in [0.1, 0.15) is 11.6 Å². The molecule has 0 bridgehead atoms. The fourth-order valence-electron chi connectivity index (χ4n) is 1.83. The molecule has 0 radical (unpaired) electrons. The molecule has 0 aliphatic rings. The summed E-state index contributed by atoms with van der Waals surface area (Å²) in [5.74, 6) is 1.32. The van der Waals surface area contributed by atoms with Crippen LogP contribution in [0.15, 0.2) is 30.5 Å². The summed E-state index contributed by atoms with van der Waals surface area (Å²) in [6.07, 6.45) is 1.77. The predicted octanol–water partition coefficient (Wildman–Crippen LogP) is 3.85. The smallest absolute Gasteiger partial charge is 0.150 e. The Bertz CT molecular complexity index is 575. The minimum Gasteiger partial charge on any atom is -0.369 e. The molecule has 2 aromatic rings. The molecule has 0 amide bonds. The first-order valence-electron chi connectivity index (χ1n) is 6.32. The van der Waals surface area contributed by atoms with Crippen LogP contribution < -0.4 is 10.2 Å². The Kier molecular flexibility index (Phi) is 5.04. The zero-order valence-electron chi connectivity index (χ0n) is 11.4. The van der Waals surface area contributed by atoms with Crippen LogP contribution in [-0.4, -0.2) is 23.6 Å². The number of nitrogens with zero attached hydrogens (tertiary/aromatic N) is 3. The van der Waals surface area contributed by atoms with Crippen molar-refractivity contribution in [3.63, 3.8) is 0 Å². The highest BCUT2D eigenvalue weighted by Gasteiger charge is 2.13. The average molecular weight is 311 g/mol. The van der Waals surface area contributed by atoms with Gasteiger partial charge in [-0.3, -0.25) is 4.98 Å². The van der Waals surface area contributed by atoms with Crippen LogP contribution in [0.3, 0.4) is 0 Å². The highest BCUT2D eigenvalue weighted by Crippen LogP contribution is 2.31. The van der Waals surface area contributed by atoms with Crippen LogP contribution in [0.4, 0.5) is 11.6 Å². The van der Waals surface area contributed by atoms with Crippen molar-refractivity contribution in [2.75, 3.05) is 23.8 Å². The summed E-state index contributed by atoms with van der Waals surface area (Å²) in [6, 6.07) is 7.52. The molecule has 2 heterocycles. The van der Waals surface area contributed by atoms with E-state index in [1.165, 1.54) is 0 Å². The first-order chi connectivity index (χ1) is 9.61. The van der Waals surface area contributed by atoms with E-state index in [1.807, 2.05) is 37.1 Å². The van der Waals surface area contributed by atoms with Crippen molar-refractivity contribution in [2.24, 2.45) is 0 Å². The fraction of sp³-hybridized carbons (Fsp3) is 0.286. The molecule has 0 aromatic carbocycles. The fourth-order valence-corrected chi connectivity index (χ4v) is 2.40. The number of rotatable bonds is 5. The summed E-state index contributed by atoms with van der Waals surface area (Å²) in [5, 5.41) is 4.16. The molecule has 1 N–H and O–H groups in total. The number of hydrogen-bond donors (Lipinski definition) is 1. The molecule has 0 spiro atoms. The number of anilines is 2. The number of aromatic nitrogens is 2. The Morgan fingerprint density at radius 2 is 2.05 bits per heavy atom. The van der Waals surface area contributed by atoms with E-state index in [1.54, 1.807) is 12.3 Å². The topological polar surface area (TPSA) is 41.1 Å². The van der Waals surface area contributed by atoms with Crippen LogP contribution >= 0.6 is 23.2 Å². The molecule has 20 heavy (non-hydrogen) atoms. The predicted molar refractivity (Wildman–Crippen MR) is 84.8 cm³/mol. The molecule has 2 rings (SSSR count). The van der Waals surface area contributed by atoms with Crippen molar-refractivity contribution < 1.29 is 0 Å². The normalized spacial score (nSPS) is 10.4. The van der Waals surface area contributed by atoms with Gasteiger partial charge in [0.25, 0.3) is 0 Å². The third-order valence-corrected chi connectivity index (χ3v) is 3.31. The molecule has 0 saturated carbocycles. The Hall–Kier alpha value is -1.52. The minimum atomic E-state index is 0.520. The molecule has 0 aliphatic carbocycles. The van der Waals surface area contributed by atoms with Gasteiger partial charge in [-0.05, 0) is 25.1 Å². The quantitative estimate of drug-likeness (QED) is 0.910. The maximum absolute atomic E-state index is 6.23. The van der Waals surface area contributed by atoms with E-state index in [0.29, 0.717) is 28.2 Å². The van der Waals surface area contributed by atoms with Crippen LogP contribution in [0.1, 0.15) is 12.6 Å². The van der Waals surface area contributed by atoms with Gasteiger partial charge in [-0.2, -0.15) is 0 Å².